The minimum atomic E-state index is -0.574. The van der Waals surface area contributed by atoms with Gasteiger partial charge in [-0.25, -0.2) is 0 Å². The number of carbonyl (C=O) groups is 2. The van der Waals surface area contributed by atoms with Crippen LogP contribution in [-0.4, -0.2) is 43.0 Å². The molecule has 0 aliphatic heterocycles. The maximum absolute atomic E-state index is 12.7. The van der Waals surface area contributed by atoms with Gasteiger partial charge in [-0.2, -0.15) is 0 Å². The van der Waals surface area contributed by atoms with E-state index in [4.69, 9.17) is 0 Å². The van der Waals surface area contributed by atoms with Gasteiger partial charge >= 0.3 is 0 Å². The van der Waals surface area contributed by atoms with Crippen LogP contribution in [0.25, 0.3) is 0 Å². The first kappa shape index (κ1) is 27.9. The molecule has 0 radical (unpaired) electrons. The molecule has 1 aromatic carbocycles. The molecule has 0 aromatic heterocycles. The van der Waals surface area contributed by atoms with E-state index in [-0.39, 0.29) is 27.3 Å². The summed E-state index contributed by atoms with van der Waals surface area (Å²) < 4.78 is 0. The average Bonchev–Trinajstić information content (AvgIpc) is 2.73. The molecular formula is C25H43BN2O4. The Hall–Kier alpha value is -2.18. The number of hydrogen-bond acceptors (Lipinski definition) is 4. The molecule has 0 bridgehead atoms. The van der Waals surface area contributed by atoms with Crippen molar-refractivity contribution >= 4 is 19.7 Å². The molecule has 0 aliphatic rings. The number of benzene rings is 1. The van der Waals surface area contributed by atoms with E-state index in [1.165, 1.54) is 12.1 Å². The fraction of sp³-hybridized carbons (Fsp3) is 0.680. The number of phenols is 2. The molecule has 1 aromatic rings. The van der Waals surface area contributed by atoms with Crippen LogP contribution in [0.3, 0.4) is 0 Å². The van der Waals surface area contributed by atoms with Gasteiger partial charge in [-0.15, -0.1) is 0 Å². The Kier molecular flexibility index (Phi) is 9.67. The smallest absolute Gasteiger partial charge is 0.255 e. The molecule has 2 amide bonds. The zero-order valence-corrected chi connectivity index (χ0v) is 21.3. The van der Waals surface area contributed by atoms with E-state index in [1.807, 2.05) is 0 Å². The summed E-state index contributed by atoms with van der Waals surface area (Å²) >= 11 is 0. The van der Waals surface area contributed by atoms with Crippen LogP contribution in [0.4, 0.5) is 0 Å². The maximum atomic E-state index is 12.7. The number of amides is 2. The van der Waals surface area contributed by atoms with Crippen molar-refractivity contribution in [2.24, 2.45) is 10.8 Å². The van der Waals surface area contributed by atoms with Gasteiger partial charge < -0.3 is 20.8 Å². The third-order valence-corrected chi connectivity index (χ3v) is 7.08. The number of phenolic OH excluding ortho intramolecular Hbond substituents is 2. The third kappa shape index (κ3) is 7.75. The number of hydrogen-bond donors (Lipinski definition) is 4. The number of carbonyl (C=O) groups excluding carboxylic acids is 2. The number of rotatable bonds is 12. The van der Waals surface area contributed by atoms with Crippen LogP contribution in [0.15, 0.2) is 12.1 Å². The van der Waals surface area contributed by atoms with Crippen LogP contribution in [0.2, 0.25) is 5.31 Å². The van der Waals surface area contributed by atoms with E-state index in [0.717, 1.165) is 32.1 Å². The van der Waals surface area contributed by atoms with Crippen LogP contribution >= 0.6 is 0 Å². The maximum Gasteiger partial charge on any atom is 0.255 e. The van der Waals surface area contributed by atoms with Crippen LogP contribution < -0.4 is 10.6 Å². The first-order valence-corrected chi connectivity index (χ1v) is 11.8. The quantitative estimate of drug-likeness (QED) is 0.282. The van der Waals surface area contributed by atoms with Gasteiger partial charge in [-0.05, 0) is 42.2 Å². The standard InChI is InChI=1S/C25H43BN2O4/c1-8-23(4,5)13-14-27-21(31)17-11-12-18(20(30)19(17)29)22(32)28-16-24(6,9-2)15-25(7,26)10-3/h11-12,29-30H,8-10,13-16,26H2,1-7H3,(H,27,31)(H,28,32). The van der Waals surface area contributed by atoms with Crippen LogP contribution in [0, 0.1) is 10.8 Å². The summed E-state index contributed by atoms with van der Waals surface area (Å²) in [5.74, 6) is -2.09. The van der Waals surface area contributed by atoms with Crippen molar-refractivity contribution in [3.05, 3.63) is 23.3 Å². The molecule has 0 saturated carbocycles. The molecule has 0 saturated heterocycles. The van der Waals surface area contributed by atoms with Crippen molar-refractivity contribution in [1.82, 2.24) is 10.6 Å². The molecule has 7 heteroatoms. The first-order valence-electron chi connectivity index (χ1n) is 11.8. The fourth-order valence-corrected chi connectivity index (χ4v) is 3.71. The van der Waals surface area contributed by atoms with Crippen LogP contribution in [0.1, 0.15) is 101 Å². The lowest BCUT2D eigenvalue weighted by atomic mass is 9.59. The summed E-state index contributed by atoms with van der Waals surface area (Å²) in [4.78, 5) is 25.2. The van der Waals surface area contributed by atoms with Crippen LogP contribution in [0.5, 0.6) is 11.5 Å². The predicted octanol–water partition coefficient (Wildman–Crippen LogP) is 4.41. The van der Waals surface area contributed by atoms with Gasteiger partial charge in [0.1, 0.15) is 7.85 Å². The summed E-state index contributed by atoms with van der Waals surface area (Å²) in [6, 6.07) is 2.76. The van der Waals surface area contributed by atoms with Crippen molar-refractivity contribution in [3.8, 4) is 11.5 Å². The minimum Gasteiger partial charge on any atom is -0.504 e. The number of nitrogens with one attached hydrogen (secondary N) is 2. The fourth-order valence-electron chi connectivity index (χ4n) is 3.71. The molecule has 0 spiro atoms. The van der Waals surface area contributed by atoms with Gasteiger partial charge in [-0.1, -0.05) is 66.6 Å². The van der Waals surface area contributed by atoms with Crippen molar-refractivity contribution in [1.29, 1.82) is 0 Å². The molecule has 180 valence electrons. The van der Waals surface area contributed by atoms with E-state index in [0.29, 0.717) is 13.1 Å². The van der Waals surface area contributed by atoms with Gasteiger partial charge in [0.15, 0.2) is 11.5 Å². The highest BCUT2D eigenvalue weighted by Crippen LogP contribution is 2.41. The molecule has 1 rings (SSSR count). The normalized spacial score (nSPS) is 15.5. The third-order valence-electron chi connectivity index (χ3n) is 7.08. The molecule has 6 nitrogen and oxygen atoms in total. The molecule has 0 fully saturated rings. The Morgan fingerprint density at radius 2 is 1.38 bits per heavy atom. The van der Waals surface area contributed by atoms with Crippen molar-refractivity contribution in [2.45, 2.75) is 85.9 Å². The first-order chi connectivity index (χ1) is 14.7. The Morgan fingerprint density at radius 1 is 0.875 bits per heavy atom. The van der Waals surface area contributed by atoms with E-state index < -0.39 is 23.3 Å². The highest BCUT2D eigenvalue weighted by Gasteiger charge is 2.31. The van der Waals surface area contributed by atoms with Gasteiger partial charge in [0, 0.05) is 13.1 Å². The van der Waals surface area contributed by atoms with Gasteiger partial charge in [-0.3, -0.25) is 9.59 Å². The predicted molar refractivity (Wildman–Crippen MR) is 133 cm³/mol. The molecule has 2 unspecified atom stereocenters. The second kappa shape index (κ2) is 11.1. The highest BCUT2D eigenvalue weighted by atomic mass is 16.3. The van der Waals surface area contributed by atoms with E-state index >= 15 is 0 Å². The Morgan fingerprint density at radius 3 is 1.81 bits per heavy atom. The van der Waals surface area contributed by atoms with E-state index in [9.17, 15) is 19.8 Å². The van der Waals surface area contributed by atoms with Gasteiger partial charge in [0.25, 0.3) is 11.8 Å². The molecule has 32 heavy (non-hydrogen) atoms. The second-order valence-electron chi connectivity index (χ2n) is 10.9. The molecule has 4 N–H and O–H groups in total. The van der Waals surface area contributed by atoms with E-state index in [1.54, 1.807) is 0 Å². The Labute approximate surface area is 195 Å². The SMILES string of the molecule is BC(C)(CC)CC(C)(CC)CNC(=O)c1ccc(C(=O)NCCC(C)(C)CC)c(O)c1O. The molecule has 0 heterocycles. The molecular weight excluding hydrogens is 403 g/mol. The van der Waals surface area contributed by atoms with E-state index in [2.05, 4.69) is 66.9 Å². The summed E-state index contributed by atoms with van der Waals surface area (Å²) in [6.45, 7) is 15.9. The Balaban J connectivity index is 2.87. The van der Waals surface area contributed by atoms with Crippen molar-refractivity contribution < 1.29 is 19.8 Å². The summed E-state index contributed by atoms with van der Waals surface area (Å²) in [5.41, 5.74) is -0.0617. The monoisotopic (exact) mass is 446 g/mol. The van der Waals surface area contributed by atoms with Gasteiger partial charge in [0.05, 0.1) is 11.1 Å². The van der Waals surface area contributed by atoms with Crippen molar-refractivity contribution in [2.75, 3.05) is 13.1 Å². The lowest BCUT2D eigenvalue weighted by molar-refractivity contribution is 0.0915. The van der Waals surface area contributed by atoms with Crippen LogP contribution in [-0.2, 0) is 0 Å². The van der Waals surface area contributed by atoms with Crippen molar-refractivity contribution in [3.63, 3.8) is 0 Å². The topological polar surface area (TPSA) is 98.7 Å². The average molecular weight is 446 g/mol. The summed E-state index contributed by atoms with van der Waals surface area (Å²) in [5, 5.41) is 26.6. The zero-order chi connectivity index (χ0) is 24.7. The highest BCUT2D eigenvalue weighted by molar-refractivity contribution is 6.14. The molecule has 0 aliphatic carbocycles. The van der Waals surface area contributed by atoms with Gasteiger partial charge in [0.2, 0.25) is 0 Å². The zero-order valence-electron chi connectivity index (χ0n) is 21.3. The minimum absolute atomic E-state index is 0.0422. The lowest BCUT2D eigenvalue weighted by Crippen LogP contribution is -2.37. The lowest BCUT2D eigenvalue weighted by Gasteiger charge is -2.37. The second-order valence-corrected chi connectivity index (χ2v) is 10.9. The Bertz CT molecular complexity index is 807. The summed E-state index contributed by atoms with van der Waals surface area (Å²) in [6.07, 6.45) is 4.70. The number of aromatic hydroxyl groups is 2. The largest absolute Gasteiger partial charge is 0.504 e. The summed E-state index contributed by atoms with van der Waals surface area (Å²) in [7, 11) is 2.22. The molecule has 2 atom stereocenters.